The number of carbonyl (C=O) groups excluding carboxylic acids is 3. The highest BCUT2D eigenvalue weighted by Gasteiger charge is 2.35. The molecule has 8 nitrogen and oxygen atoms in total. The Kier molecular flexibility index (Phi) is 8.58. The van der Waals surface area contributed by atoms with Gasteiger partial charge in [0.05, 0.1) is 0 Å². The van der Waals surface area contributed by atoms with Crippen molar-refractivity contribution in [3.63, 3.8) is 0 Å². The van der Waals surface area contributed by atoms with Crippen LogP contribution in [0.25, 0.3) is 0 Å². The van der Waals surface area contributed by atoms with Gasteiger partial charge < -0.3 is 14.8 Å². The topological polar surface area (TPSA) is 88.2 Å². The van der Waals surface area contributed by atoms with Crippen molar-refractivity contribution in [3.05, 3.63) is 35.9 Å². The van der Waals surface area contributed by atoms with Crippen LogP contribution in [0.5, 0.6) is 0 Å². The predicted molar refractivity (Wildman–Crippen MR) is 124 cm³/mol. The van der Waals surface area contributed by atoms with E-state index in [-0.39, 0.29) is 25.0 Å². The minimum atomic E-state index is -0.635. The summed E-state index contributed by atoms with van der Waals surface area (Å²) >= 11 is 0. The van der Waals surface area contributed by atoms with Gasteiger partial charge in [-0.3, -0.25) is 4.79 Å². The van der Waals surface area contributed by atoms with Crippen LogP contribution in [0.4, 0.5) is 9.59 Å². The summed E-state index contributed by atoms with van der Waals surface area (Å²) in [5.74, 6) is 0.294. The lowest BCUT2D eigenvalue weighted by Gasteiger charge is -2.31. The molecular weight excluding hydrogens is 422 g/mol. The highest BCUT2D eigenvalue weighted by atomic mass is 16.6. The summed E-state index contributed by atoms with van der Waals surface area (Å²) in [6, 6.07) is 9.14. The summed E-state index contributed by atoms with van der Waals surface area (Å²) in [6.45, 7) is 6.49. The molecule has 182 valence electrons. The summed E-state index contributed by atoms with van der Waals surface area (Å²) in [5, 5.41) is 5.76. The number of alkyl carbamates (subject to hydrolysis) is 1. The molecule has 0 spiro atoms. The number of nitrogens with zero attached hydrogens (tertiary/aromatic N) is 2. The average Bonchev–Trinajstić information content (AvgIpc) is 3.44. The zero-order valence-corrected chi connectivity index (χ0v) is 20.0. The summed E-state index contributed by atoms with van der Waals surface area (Å²) in [4.78, 5) is 38.2. The maximum atomic E-state index is 13.2. The molecule has 0 radical (unpaired) electrons. The van der Waals surface area contributed by atoms with E-state index in [0.29, 0.717) is 25.4 Å². The van der Waals surface area contributed by atoms with Gasteiger partial charge in [-0.25, -0.2) is 19.6 Å². The second kappa shape index (κ2) is 11.4. The van der Waals surface area contributed by atoms with Gasteiger partial charge in [0.15, 0.2) is 0 Å². The maximum absolute atomic E-state index is 13.2. The van der Waals surface area contributed by atoms with Gasteiger partial charge in [0.25, 0.3) is 0 Å². The molecule has 1 heterocycles. The van der Waals surface area contributed by atoms with Gasteiger partial charge in [0, 0.05) is 25.6 Å². The zero-order valence-electron chi connectivity index (χ0n) is 20.0. The lowest BCUT2D eigenvalue weighted by molar-refractivity contribution is -0.143. The molecule has 0 aromatic heterocycles. The van der Waals surface area contributed by atoms with E-state index in [9.17, 15) is 14.4 Å². The summed E-state index contributed by atoms with van der Waals surface area (Å²) in [7, 11) is 0. The van der Waals surface area contributed by atoms with Gasteiger partial charge in [0.2, 0.25) is 5.91 Å². The Morgan fingerprint density at radius 2 is 1.70 bits per heavy atom. The molecule has 2 fully saturated rings. The highest BCUT2D eigenvalue weighted by molar-refractivity contribution is 5.81. The Bertz CT molecular complexity index is 802. The second-order valence-corrected chi connectivity index (χ2v) is 9.97. The first kappa shape index (κ1) is 24.9. The molecule has 3 amide bonds. The largest absolute Gasteiger partial charge is 0.445 e. The molecule has 1 N–H and O–H groups in total. The molecule has 2 aliphatic rings. The van der Waals surface area contributed by atoms with Crippen molar-refractivity contribution in [2.75, 3.05) is 13.1 Å². The quantitative estimate of drug-likeness (QED) is 0.642. The smallest absolute Gasteiger partial charge is 0.429 e. The van der Waals surface area contributed by atoms with E-state index in [1.807, 2.05) is 30.3 Å². The van der Waals surface area contributed by atoms with E-state index in [4.69, 9.17) is 9.47 Å². The molecule has 1 aliphatic heterocycles. The molecule has 8 heteroatoms. The van der Waals surface area contributed by atoms with Crippen LogP contribution in [-0.2, 0) is 20.9 Å². The van der Waals surface area contributed by atoms with Crippen LogP contribution in [0.15, 0.2) is 30.3 Å². The average molecular weight is 460 g/mol. The third-order valence-corrected chi connectivity index (χ3v) is 5.97. The fraction of sp³-hybridized carbons (Fsp3) is 0.640. The molecule has 1 atom stereocenters. The lowest BCUT2D eigenvalue weighted by atomic mass is 9.96. The number of nitrogens with one attached hydrogen (secondary N) is 1. The fourth-order valence-electron chi connectivity index (χ4n) is 4.46. The van der Waals surface area contributed by atoms with E-state index in [0.717, 1.165) is 24.8 Å². The van der Waals surface area contributed by atoms with Crippen molar-refractivity contribution in [2.45, 2.75) is 84.0 Å². The molecule has 1 unspecified atom stereocenters. The van der Waals surface area contributed by atoms with E-state index >= 15 is 0 Å². The Hall–Kier alpha value is -2.77. The third-order valence-electron chi connectivity index (χ3n) is 5.97. The van der Waals surface area contributed by atoms with Crippen LogP contribution in [-0.4, -0.2) is 52.8 Å². The van der Waals surface area contributed by atoms with E-state index < -0.39 is 17.8 Å². The molecular formula is C25H37N3O5. The fourth-order valence-corrected chi connectivity index (χ4v) is 4.46. The van der Waals surface area contributed by atoms with Gasteiger partial charge >= 0.3 is 12.2 Å². The van der Waals surface area contributed by atoms with E-state index in [2.05, 4.69) is 5.32 Å². The van der Waals surface area contributed by atoms with Gasteiger partial charge in [-0.1, -0.05) is 56.0 Å². The first-order valence-corrected chi connectivity index (χ1v) is 12.0. The zero-order chi connectivity index (χ0) is 23.8. The van der Waals surface area contributed by atoms with Crippen LogP contribution >= 0.6 is 0 Å². The van der Waals surface area contributed by atoms with Gasteiger partial charge in [-0.2, -0.15) is 0 Å². The van der Waals surface area contributed by atoms with Gasteiger partial charge in [0.1, 0.15) is 12.2 Å². The van der Waals surface area contributed by atoms with Crippen molar-refractivity contribution in [1.82, 2.24) is 15.3 Å². The molecule has 1 saturated heterocycles. The minimum Gasteiger partial charge on any atom is -0.445 e. The van der Waals surface area contributed by atoms with Crippen LogP contribution in [0.1, 0.15) is 71.3 Å². The Balaban J connectivity index is 1.59. The maximum Gasteiger partial charge on any atom is 0.429 e. The Morgan fingerprint density at radius 1 is 1.03 bits per heavy atom. The van der Waals surface area contributed by atoms with Crippen molar-refractivity contribution >= 4 is 18.1 Å². The van der Waals surface area contributed by atoms with Crippen LogP contribution < -0.4 is 5.32 Å². The van der Waals surface area contributed by atoms with Crippen LogP contribution in [0, 0.1) is 5.92 Å². The highest BCUT2D eigenvalue weighted by Crippen LogP contribution is 2.29. The lowest BCUT2D eigenvalue weighted by Crippen LogP contribution is -2.49. The number of hydrazine groups is 1. The summed E-state index contributed by atoms with van der Waals surface area (Å²) in [5.41, 5.74) is 0.268. The first-order chi connectivity index (χ1) is 15.7. The molecule has 1 aromatic carbocycles. The van der Waals surface area contributed by atoms with Crippen molar-refractivity contribution in [2.24, 2.45) is 5.92 Å². The minimum absolute atomic E-state index is 0.121. The van der Waals surface area contributed by atoms with E-state index in [1.54, 1.807) is 20.8 Å². The van der Waals surface area contributed by atoms with Gasteiger partial charge in [-0.05, 0) is 45.1 Å². The monoisotopic (exact) mass is 459 g/mol. The first-order valence-electron chi connectivity index (χ1n) is 12.0. The number of amides is 3. The van der Waals surface area contributed by atoms with Crippen LogP contribution in [0.2, 0.25) is 0 Å². The van der Waals surface area contributed by atoms with Gasteiger partial charge in [-0.15, -0.1) is 0 Å². The predicted octanol–water partition coefficient (Wildman–Crippen LogP) is 4.64. The number of hydrogen-bond acceptors (Lipinski definition) is 5. The number of rotatable bonds is 7. The molecule has 3 rings (SSSR count). The van der Waals surface area contributed by atoms with E-state index in [1.165, 1.54) is 22.9 Å². The number of hydrogen-bond donors (Lipinski definition) is 1. The summed E-state index contributed by atoms with van der Waals surface area (Å²) in [6.07, 6.45) is 5.09. The van der Waals surface area contributed by atoms with Crippen molar-refractivity contribution < 1.29 is 23.9 Å². The molecule has 0 bridgehead atoms. The Labute approximate surface area is 196 Å². The number of carbonyl (C=O) groups is 3. The second-order valence-electron chi connectivity index (χ2n) is 9.97. The third kappa shape index (κ3) is 7.94. The summed E-state index contributed by atoms with van der Waals surface area (Å²) < 4.78 is 10.8. The molecule has 33 heavy (non-hydrogen) atoms. The molecule has 1 saturated carbocycles. The number of ether oxygens (including phenoxy) is 2. The molecule has 1 aliphatic carbocycles. The van der Waals surface area contributed by atoms with Crippen molar-refractivity contribution in [3.8, 4) is 0 Å². The SMILES string of the molecule is CC(C)(C)OC(=O)N1CCCN1C(=O)CC(CC1CCCC1)NC(=O)OCc1ccccc1. The normalized spacial score (nSPS) is 17.7. The molecule has 1 aromatic rings. The van der Waals surface area contributed by atoms with Crippen LogP contribution in [0.3, 0.4) is 0 Å². The Morgan fingerprint density at radius 3 is 2.36 bits per heavy atom. The standard InChI is InChI=1S/C25H37N3O5/c1-25(2,3)33-24(31)28-15-9-14-27(28)22(29)17-21(16-19-10-7-8-11-19)26-23(30)32-18-20-12-5-4-6-13-20/h4-6,12-13,19,21H,7-11,14-18H2,1-3H3,(H,26,30). The van der Waals surface area contributed by atoms with Crippen molar-refractivity contribution in [1.29, 1.82) is 0 Å². The number of benzene rings is 1.